The molecular weight excluding hydrogens is 350 g/mol. The molecule has 1 N–H and O–H groups in total. The van der Waals surface area contributed by atoms with Gasteiger partial charge in [0, 0.05) is 62.4 Å². The number of nitrogens with zero attached hydrogens (tertiary/aromatic N) is 3. The molecule has 2 saturated heterocycles. The van der Waals surface area contributed by atoms with Crippen LogP contribution in [0.5, 0.6) is 5.75 Å². The monoisotopic (exact) mass is 377 g/mol. The molecule has 142 valence electrons. The molecule has 0 aliphatic carbocycles. The fraction of sp³-hybridized carbons (Fsp3) is 0.600. The van der Waals surface area contributed by atoms with Gasteiger partial charge < -0.3 is 14.7 Å². The quantitative estimate of drug-likeness (QED) is 0.869. The predicted molar refractivity (Wildman–Crippen MR) is 105 cm³/mol. The van der Waals surface area contributed by atoms with Crippen molar-refractivity contribution in [1.82, 2.24) is 14.7 Å². The van der Waals surface area contributed by atoms with Gasteiger partial charge in [0.1, 0.15) is 12.4 Å². The Balaban J connectivity index is 1.35. The Morgan fingerprint density at radius 1 is 1.19 bits per heavy atom. The Hall–Kier alpha value is -1.11. The number of hydrogen-bond acceptors (Lipinski definition) is 5. The SMILES string of the molecule is CN1CCN([C@@H]2CCN(CC3=Cc4cc(Cl)ccc4OC3)C[C@H]2O)CC1. The highest BCUT2D eigenvalue weighted by atomic mass is 35.5. The fourth-order valence-electron chi connectivity index (χ4n) is 4.28. The van der Waals surface area contributed by atoms with Crippen LogP contribution in [0.3, 0.4) is 0 Å². The van der Waals surface area contributed by atoms with E-state index >= 15 is 0 Å². The third kappa shape index (κ3) is 4.07. The van der Waals surface area contributed by atoms with Gasteiger partial charge in [0.05, 0.1) is 6.10 Å². The Morgan fingerprint density at radius 2 is 2.00 bits per heavy atom. The molecule has 0 radical (unpaired) electrons. The zero-order chi connectivity index (χ0) is 18.1. The van der Waals surface area contributed by atoms with Crippen molar-refractivity contribution in [3.05, 3.63) is 34.4 Å². The fourth-order valence-corrected chi connectivity index (χ4v) is 4.46. The van der Waals surface area contributed by atoms with Gasteiger partial charge in [-0.15, -0.1) is 0 Å². The average Bonchev–Trinajstić information content (AvgIpc) is 2.62. The van der Waals surface area contributed by atoms with E-state index in [1.54, 1.807) is 0 Å². The minimum Gasteiger partial charge on any atom is -0.489 e. The van der Waals surface area contributed by atoms with Crippen LogP contribution in [0, 0.1) is 0 Å². The summed E-state index contributed by atoms with van der Waals surface area (Å²) in [5, 5.41) is 11.4. The Kier molecular flexibility index (Phi) is 5.53. The van der Waals surface area contributed by atoms with Crippen LogP contribution in [0.15, 0.2) is 23.8 Å². The van der Waals surface area contributed by atoms with Gasteiger partial charge in [0.25, 0.3) is 0 Å². The Bertz CT molecular complexity index is 673. The topological polar surface area (TPSA) is 39.2 Å². The molecule has 1 aromatic rings. The summed E-state index contributed by atoms with van der Waals surface area (Å²) in [5.41, 5.74) is 2.29. The minimum atomic E-state index is -0.279. The van der Waals surface area contributed by atoms with Crippen molar-refractivity contribution in [2.75, 3.05) is 59.5 Å². The van der Waals surface area contributed by atoms with Crippen molar-refractivity contribution in [1.29, 1.82) is 0 Å². The van der Waals surface area contributed by atoms with Crippen LogP contribution in [0.25, 0.3) is 6.08 Å². The summed E-state index contributed by atoms with van der Waals surface area (Å²) in [6.07, 6.45) is 2.93. The number of fused-ring (bicyclic) bond motifs is 1. The largest absolute Gasteiger partial charge is 0.489 e. The summed E-state index contributed by atoms with van der Waals surface area (Å²) in [4.78, 5) is 7.18. The summed E-state index contributed by atoms with van der Waals surface area (Å²) in [6.45, 7) is 7.54. The third-order valence-electron chi connectivity index (χ3n) is 5.81. The van der Waals surface area contributed by atoms with Crippen LogP contribution in [-0.4, -0.2) is 91.4 Å². The van der Waals surface area contributed by atoms with Gasteiger partial charge in [-0.2, -0.15) is 0 Å². The molecule has 2 atom stereocenters. The smallest absolute Gasteiger partial charge is 0.127 e. The molecule has 3 aliphatic rings. The number of halogens is 1. The standard InChI is InChI=1S/C20H28ClN3O2/c1-22-6-8-24(9-7-22)18-4-5-23(13-19(18)25)12-15-10-16-11-17(21)2-3-20(16)26-14-15/h2-3,10-11,18-19,25H,4-9,12-14H2,1H3/t18-,19-/m1/s1. The number of likely N-dealkylation sites (tertiary alicyclic amines) is 1. The van der Waals surface area contributed by atoms with E-state index in [1.807, 2.05) is 18.2 Å². The summed E-state index contributed by atoms with van der Waals surface area (Å²) >= 11 is 6.10. The lowest BCUT2D eigenvalue weighted by atomic mass is 9.98. The van der Waals surface area contributed by atoms with Crippen molar-refractivity contribution in [2.24, 2.45) is 0 Å². The van der Waals surface area contributed by atoms with Gasteiger partial charge >= 0.3 is 0 Å². The van der Waals surface area contributed by atoms with Gasteiger partial charge in [0.15, 0.2) is 0 Å². The van der Waals surface area contributed by atoms with Gasteiger partial charge in [-0.25, -0.2) is 0 Å². The molecule has 3 aliphatic heterocycles. The molecule has 4 rings (SSSR count). The lowest BCUT2D eigenvalue weighted by Crippen LogP contribution is -2.58. The molecule has 0 amide bonds. The van der Waals surface area contributed by atoms with Crippen molar-refractivity contribution >= 4 is 17.7 Å². The number of rotatable bonds is 3. The van der Waals surface area contributed by atoms with E-state index in [1.165, 1.54) is 5.57 Å². The van der Waals surface area contributed by atoms with Gasteiger partial charge in [-0.05, 0) is 43.3 Å². The second-order valence-corrected chi connectivity index (χ2v) is 8.21. The molecular formula is C20H28ClN3O2. The second-order valence-electron chi connectivity index (χ2n) is 7.77. The highest BCUT2D eigenvalue weighted by Crippen LogP contribution is 2.29. The molecule has 1 aromatic carbocycles. The maximum atomic E-state index is 10.7. The number of aliphatic hydroxyl groups is 1. The van der Waals surface area contributed by atoms with E-state index in [9.17, 15) is 5.11 Å². The van der Waals surface area contributed by atoms with Crippen LogP contribution < -0.4 is 4.74 Å². The summed E-state index contributed by atoms with van der Waals surface area (Å²) in [6, 6.07) is 6.04. The van der Waals surface area contributed by atoms with Crippen molar-refractivity contribution in [3.8, 4) is 5.75 Å². The van der Waals surface area contributed by atoms with E-state index in [-0.39, 0.29) is 6.10 Å². The van der Waals surface area contributed by atoms with E-state index in [0.29, 0.717) is 12.6 Å². The predicted octanol–water partition coefficient (Wildman–Crippen LogP) is 1.80. The van der Waals surface area contributed by atoms with Crippen LogP contribution in [-0.2, 0) is 0 Å². The van der Waals surface area contributed by atoms with Crippen molar-refractivity contribution < 1.29 is 9.84 Å². The first-order valence-electron chi connectivity index (χ1n) is 9.53. The molecule has 3 heterocycles. The first-order valence-corrected chi connectivity index (χ1v) is 9.91. The summed E-state index contributed by atoms with van der Waals surface area (Å²) < 4.78 is 5.86. The normalized spacial score (nSPS) is 28.3. The van der Waals surface area contributed by atoms with Gasteiger partial charge in [-0.1, -0.05) is 11.6 Å². The van der Waals surface area contributed by atoms with Gasteiger partial charge in [0.2, 0.25) is 0 Å². The molecule has 0 aromatic heterocycles. The van der Waals surface area contributed by atoms with E-state index in [4.69, 9.17) is 16.3 Å². The summed E-state index contributed by atoms with van der Waals surface area (Å²) in [7, 11) is 2.17. The lowest BCUT2D eigenvalue weighted by molar-refractivity contribution is -0.0247. The number of piperidine rings is 1. The maximum absolute atomic E-state index is 10.7. The van der Waals surface area contributed by atoms with E-state index in [0.717, 1.165) is 68.6 Å². The molecule has 5 nitrogen and oxygen atoms in total. The van der Waals surface area contributed by atoms with Crippen LogP contribution in [0.4, 0.5) is 0 Å². The summed E-state index contributed by atoms with van der Waals surface area (Å²) in [5.74, 6) is 0.895. The first kappa shape index (κ1) is 18.3. The zero-order valence-corrected chi connectivity index (χ0v) is 16.2. The number of piperazine rings is 1. The molecule has 2 fully saturated rings. The highest BCUT2D eigenvalue weighted by molar-refractivity contribution is 6.30. The number of β-amino-alcohol motifs (C(OH)–C–C–N with tert-alkyl or cyclic N) is 1. The van der Waals surface area contributed by atoms with E-state index in [2.05, 4.69) is 27.8 Å². The van der Waals surface area contributed by atoms with E-state index < -0.39 is 0 Å². The number of ether oxygens (including phenoxy) is 1. The molecule has 0 saturated carbocycles. The maximum Gasteiger partial charge on any atom is 0.127 e. The first-order chi connectivity index (χ1) is 12.6. The number of likely N-dealkylation sites (N-methyl/N-ethyl adjacent to an activating group) is 1. The molecule has 26 heavy (non-hydrogen) atoms. The van der Waals surface area contributed by atoms with Crippen molar-refractivity contribution in [3.63, 3.8) is 0 Å². The minimum absolute atomic E-state index is 0.279. The van der Waals surface area contributed by atoms with Crippen molar-refractivity contribution in [2.45, 2.75) is 18.6 Å². The lowest BCUT2D eigenvalue weighted by Gasteiger charge is -2.44. The van der Waals surface area contributed by atoms with Crippen LogP contribution >= 0.6 is 11.6 Å². The number of aliphatic hydroxyl groups excluding tert-OH is 1. The van der Waals surface area contributed by atoms with Crippen LogP contribution in [0.2, 0.25) is 5.02 Å². The average molecular weight is 378 g/mol. The number of benzene rings is 1. The number of hydrogen-bond donors (Lipinski definition) is 1. The third-order valence-corrected chi connectivity index (χ3v) is 6.04. The Labute approximate surface area is 160 Å². The molecule has 6 heteroatoms. The zero-order valence-electron chi connectivity index (χ0n) is 15.4. The van der Waals surface area contributed by atoms with Crippen LogP contribution in [0.1, 0.15) is 12.0 Å². The van der Waals surface area contributed by atoms with Gasteiger partial charge in [-0.3, -0.25) is 9.80 Å². The molecule has 0 spiro atoms. The molecule has 0 bridgehead atoms. The second kappa shape index (κ2) is 7.87. The Morgan fingerprint density at radius 3 is 2.77 bits per heavy atom. The highest BCUT2D eigenvalue weighted by Gasteiger charge is 2.33. The molecule has 0 unspecified atom stereocenters.